The number of pyridine rings is 1. The first-order valence-electron chi connectivity index (χ1n) is 8.37. The van der Waals surface area contributed by atoms with E-state index in [2.05, 4.69) is 22.2 Å². The minimum Gasteiger partial charge on any atom is -0.349 e. The number of carbonyl (C=O) groups is 2. The molecule has 2 aliphatic heterocycles. The van der Waals surface area contributed by atoms with Crippen molar-refractivity contribution in [1.82, 2.24) is 20.1 Å². The number of hydrogen-bond donors (Lipinski definition) is 1. The van der Waals surface area contributed by atoms with Crippen LogP contribution in [0.3, 0.4) is 0 Å². The van der Waals surface area contributed by atoms with Gasteiger partial charge in [-0.3, -0.25) is 19.5 Å². The quantitative estimate of drug-likeness (QED) is 0.886. The molecule has 3 heterocycles. The lowest BCUT2D eigenvalue weighted by atomic mass is 10.1. The Labute approximate surface area is 136 Å². The van der Waals surface area contributed by atoms with E-state index in [1.54, 1.807) is 11.1 Å². The van der Waals surface area contributed by atoms with E-state index in [1.165, 1.54) is 6.42 Å². The number of nitrogens with zero attached hydrogens (tertiary/aromatic N) is 3. The summed E-state index contributed by atoms with van der Waals surface area (Å²) >= 11 is 0. The normalized spacial score (nSPS) is 21.9. The number of nitrogens with one attached hydrogen (secondary N) is 1. The molecule has 2 saturated heterocycles. The van der Waals surface area contributed by atoms with Crippen molar-refractivity contribution in [2.45, 2.75) is 31.7 Å². The van der Waals surface area contributed by atoms with Crippen molar-refractivity contribution < 1.29 is 9.59 Å². The zero-order chi connectivity index (χ0) is 16.2. The van der Waals surface area contributed by atoms with Crippen LogP contribution in [0.5, 0.6) is 0 Å². The zero-order valence-corrected chi connectivity index (χ0v) is 13.6. The molecule has 0 aliphatic carbocycles. The maximum Gasteiger partial charge on any atom is 0.269 e. The summed E-state index contributed by atoms with van der Waals surface area (Å²) in [5, 5.41) is 2.87. The summed E-state index contributed by atoms with van der Waals surface area (Å²) in [5.74, 6) is 0.0165. The third-order valence-corrected chi connectivity index (χ3v) is 4.76. The molecule has 2 fully saturated rings. The van der Waals surface area contributed by atoms with Crippen molar-refractivity contribution in [1.29, 1.82) is 0 Å². The molecule has 1 aromatic rings. The van der Waals surface area contributed by atoms with Crippen LogP contribution in [0.4, 0.5) is 0 Å². The third-order valence-electron chi connectivity index (χ3n) is 4.76. The Morgan fingerprint density at radius 2 is 2.26 bits per heavy atom. The molecule has 3 rings (SSSR count). The lowest BCUT2D eigenvalue weighted by Crippen LogP contribution is -2.35. The van der Waals surface area contributed by atoms with Gasteiger partial charge in [0.2, 0.25) is 5.91 Å². The first-order valence-corrected chi connectivity index (χ1v) is 8.37. The lowest BCUT2D eigenvalue weighted by molar-refractivity contribution is -0.127. The summed E-state index contributed by atoms with van der Waals surface area (Å²) in [6.07, 6.45) is 5.58. The number of carbonyl (C=O) groups excluding carboxylic acids is 2. The number of hydrogen-bond acceptors (Lipinski definition) is 4. The minimum absolute atomic E-state index is 0.167. The van der Waals surface area contributed by atoms with Gasteiger partial charge < -0.3 is 10.2 Å². The van der Waals surface area contributed by atoms with Gasteiger partial charge in [0.05, 0.1) is 0 Å². The molecule has 1 aromatic heterocycles. The summed E-state index contributed by atoms with van der Waals surface area (Å²) in [6.45, 7) is 2.95. The summed E-state index contributed by atoms with van der Waals surface area (Å²) in [4.78, 5) is 32.1. The van der Waals surface area contributed by atoms with Crippen LogP contribution in [0, 0.1) is 0 Å². The van der Waals surface area contributed by atoms with E-state index in [-0.39, 0.29) is 11.8 Å². The molecule has 2 amide bonds. The van der Waals surface area contributed by atoms with E-state index in [0.29, 0.717) is 31.2 Å². The molecular formula is C17H24N4O2. The van der Waals surface area contributed by atoms with Crippen molar-refractivity contribution >= 4 is 11.8 Å². The number of rotatable bonds is 5. The molecule has 0 bridgehead atoms. The van der Waals surface area contributed by atoms with Gasteiger partial charge in [-0.25, -0.2) is 0 Å². The van der Waals surface area contributed by atoms with Gasteiger partial charge in [-0.05, 0) is 50.6 Å². The molecule has 1 atom stereocenters. The Kier molecular flexibility index (Phi) is 4.91. The van der Waals surface area contributed by atoms with Crippen LogP contribution in [-0.2, 0) is 4.79 Å². The molecule has 0 aromatic carbocycles. The standard InChI is InChI=1S/C17H24N4O2/c1-20-9-2-4-15(20)13-6-7-18-14(12-13)17(23)19-8-11-21-10-3-5-16(21)22/h6-7,12,15H,2-5,8-11H2,1H3,(H,19,23). The minimum atomic E-state index is -0.167. The highest BCUT2D eigenvalue weighted by Crippen LogP contribution is 2.30. The summed E-state index contributed by atoms with van der Waals surface area (Å²) in [7, 11) is 2.12. The fourth-order valence-corrected chi connectivity index (χ4v) is 3.45. The Balaban J connectivity index is 1.55. The highest BCUT2D eigenvalue weighted by molar-refractivity contribution is 5.92. The van der Waals surface area contributed by atoms with Gasteiger partial charge in [-0.1, -0.05) is 0 Å². The summed E-state index contributed by atoms with van der Waals surface area (Å²) in [5.41, 5.74) is 1.61. The molecule has 1 N–H and O–H groups in total. The molecule has 6 nitrogen and oxygen atoms in total. The molecular weight excluding hydrogens is 292 g/mol. The van der Waals surface area contributed by atoms with Gasteiger partial charge in [-0.2, -0.15) is 0 Å². The van der Waals surface area contributed by atoms with Crippen LogP contribution in [0.2, 0.25) is 0 Å². The van der Waals surface area contributed by atoms with Gasteiger partial charge in [0, 0.05) is 38.3 Å². The average molecular weight is 316 g/mol. The maximum atomic E-state index is 12.3. The predicted octanol–water partition coefficient (Wildman–Crippen LogP) is 1.20. The van der Waals surface area contributed by atoms with Crippen LogP contribution < -0.4 is 5.32 Å². The molecule has 0 radical (unpaired) electrons. The van der Waals surface area contributed by atoms with Gasteiger partial charge in [0.15, 0.2) is 0 Å². The van der Waals surface area contributed by atoms with Crippen molar-refractivity contribution in [3.05, 3.63) is 29.6 Å². The summed E-state index contributed by atoms with van der Waals surface area (Å²) < 4.78 is 0. The fraction of sp³-hybridized carbons (Fsp3) is 0.588. The number of amides is 2. The van der Waals surface area contributed by atoms with Crippen molar-refractivity contribution in [3.8, 4) is 0 Å². The average Bonchev–Trinajstić information content (AvgIpc) is 3.16. The van der Waals surface area contributed by atoms with E-state index in [4.69, 9.17) is 0 Å². The van der Waals surface area contributed by atoms with Crippen molar-refractivity contribution in [3.63, 3.8) is 0 Å². The van der Waals surface area contributed by atoms with Crippen molar-refractivity contribution in [2.24, 2.45) is 0 Å². The Morgan fingerprint density at radius 3 is 2.96 bits per heavy atom. The van der Waals surface area contributed by atoms with Gasteiger partial charge in [-0.15, -0.1) is 0 Å². The molecule has 23 heavy (non-hydrogen) atoms. The monoisotopic (exact) mass is 316 g/mol. The Morgan fingerprint density at radius 1 is 1.39 bits per heavy atom. The SMILES string of the molecule is CN1CCCC1c1ccnc(C(=O)NCCN2CCCC2=O)c1. The second-order valence-corrected chi connectivity index (χ2v) is 6.35. The van der Waals surface area contributed by atoms with Crippen LogP contribution >= 0.6 is 0 Å². The molecule has 6 heteroatoms. The second kappa shape index (κ2) is 7.08. The van der Waals surface area contributed by atoms with E-state index >= 15 is 0 Å². The molecule has 0 spiro atoms. The topological polar surface area (TPSA) is 65.5 Å². The van der Waals surface area contributed by atoms with Crippen LogP contribution in [0.15, 0.2) is 18.3 Å². The smallest absolute Gasteiger partial charge is 0.269 e. The van der Waals surface area contributed by atoms with Crippen LogP contribution in [-0.4, -0.2) is 59.8 Å². The maximum absolute atomic E-state index is 12.3. The molecule has 0 saturated carbocycles. The first-order chi connectivity index (χ1) is 11.1. The Hall–Kier alpha value is -1.95. The van der Waals surface area contributed by atoms with E-state index in [0.717, 1.165) is 31.5 Å². The van der Waals surface area contributed by atoms with Gasteiger partial charge in [0.1, 0.15) is 5.69 Å². The summed E-state index contributed by atoms with van der Waals surface area (Å²) in [6, 6.07) is 4.27. The van der Waals surface area contributed by atoms with Crippen molar-refractivity contribution in [2.75, 3.05) is 33.2 Å². The predicted molar refractivity (Wildman–Crippen MR) is 87.0 cm³/mol. The first kappa shape index (κ1) is 15.9. The third kappa shape index (κ3) is 3.69. The molecule has 2 aliphatic rings. The molecule has 1 unspecified atom stereocenters. The van der Waals surface area contributed by atoms with E-state index in [9.17, 15) is 9.59 Å². The Bertz CT molecular complexity index is 590. The number of likely N-dealkylation sites (tertiary alicyclic amines) is 2. The van der Waals surface area contributed by atoms with Gasteiger partial charge in [0.25, 0.3) is 5.91 Å². The van der Waals surface area contributed by atoms with Crippen LogP contribution in [0.25, 0.3) is 0 Å². The van der Waals surface area contributed by atoms with Gasteiger partial charge >= 0.3 is 0 Å². The number of aromatic nitrogens is 1. The van der Waals surface area contributed by atoms with E-state index in [1.807, 2.05) is 12.1 Å². The second-order valence-electron chi connectivity index (χ2n) is 6.35. The largest absolute Gasteiger partial charge is 0.349 e. The lowest BCUT2D eigenvalue weighted by Gasteiger charge is -2.20. The fourth-order valence-electron chi connectivity index (χ4n) is 3.45. The molecule has 124 valence electrons. The van der Waals surface area contributed by atoms with Crippen LogP contribution in [0.1, 0.15) is 47.8 Å². The highest BCUT2D eigenvalue weighted by atomic mass is 16.2. The zero-order valence-electron chi connectivity index (χ0n) is 13.6. The highest BCUT2D eigenvalue weighted by Gasteiger charge is 2.23. The van der Waals surface area contributed by atoms with E-state index < -0.39 is 0 Å².